The number of carbonyl (C=O) groups is 6. The summed E-state index contributed by atoms with van der Waals surface area (Å²) in [6, 6.07) is 0. The van der Waals surface area contributed by atoms with Crippen LogP contribution in [-0.4, -0.2) is 165 Å². The Labute approximate surface area is 734 Å². The van der Waals surface area contributed by atoms with Crippen molar-refractivity contribution >= 4 is 35.6 Å². The first-order valence-electron chi connectivity index (χ1n) is 50.5. The van der Waals surface area contributed by atoms with E-state index in [0.29, 0.717) is 126 Å². The van der Waals surface area contributed by atoms with E-state index < -0.39 is 58.6 Å². The smallest absolute Gasteiger partial charge is 0.303 e. The topological polar surface area (TPSA) is 328 Å². The van der Waals surface area contributed by atoms with Crippen LogP contribution in [0.1, 0.15) is 359 Å². The molecule has 20 nitrogen and oxygen atoms in total. The van der Waals surface area contributed by atoms with Crippen molar-refractivity contribution in [3.05, 3.63) is 0 Å². The van der Waals surface area contributed by atoms with Crippen LogP contribution in [0.25, 0.3) is 0 Å². The van der Waals surface area contributed by atoms with Gasteiger partial charge in [-0.05, 0) is 357 Å². The number of hydrogen-bond donors (Lipinski definition) is 11. The number of aliphatic hydroxyl groups excluding tert-OH is 5. The lowest BCUT2D eigenvalue weighted by Crippen LogP contribution is -2.62. The molecule has 0 heterocycles. The maximum absolute atomic E-state index is 14.8. The van der Waals surface area contributed by atoms with Gasteiger partial charge in [-0.1, -0.05) is 122 Å². The summed E-state index contributed by atoms with van der Waals surface area (Å²) in [6.07, 6.45) is 34.1. The minimum atomic E-state index is -0.987. The molecule has 6 unspecified atom stereocenters. The zero-order valence-corrected chi connectivity index (χ0v) is 77.9. The number of unbranched alkanes of at least 4 members (excludes halogenated alkanes) is 9. The van der Waals surface area contributed by atoms with Crippen LogP contribution >= 0.6 is 0 Å². The van der Waals surface area contributed by atoms with Crippen LogP contribution in [0.3, 0.4) is 0 Å². The number of aliphatic carboxylic acids is 3. The summed E-state index contributed by atoms with van der Waals surface area (Å²) in [5, 5.41) is 98.8. The molecule has 696 valence electrons. The Morgan fingerprint density at radius 2 is 0.639 bits per heavy atom. The monoisotopic (exact) mass is 1710 g/mol. The van der Waals surface area contributed by atoms with Gasteiger partial charge in [-0.15, -0.1) is 0 Å². The van der Waals surface area contributed by atoms with Crippen molar-refractivity contribution in [2.75, 3.05) is 39.5 Å². The third-order valence-electron chi connectivity index (χ3n) is 40.0. The summed E-state index contributed by atoms with van der Waals surface area (Å²) in [7, 11) is 0. The van der Waals surface area contributed by atoms with Gasteiger partial charge < -0.3 is 71.0 Å². The summed E-state index contributed by atoms with van der Waals surface area (Å²) < 4.78 is 20.0. The zero-order valence-electron chi connectivity index (χ0n) is 77.9. The fourth-order valence-electron chi connectivity index (χ4n) is 33.5. The number of aliphatic hydroxyl groups is 5. The molecule has 11 N–H and O–H groups in total. The first-order valence-corrected chi connectivity index (χ1v) is 50.5. The van der Waals surface area contributed by atoms with Crippen LogP contribution in [0.2, 0.25) is 0 Å². The molecule has 13 saturated carbocycles. The average Bonchev–Trinajstić information content (AvgIpc) is 1.42. The Morgan fingerprint density at radius 3 is 0.984 bits per heavy atom. The van der Waals surface area contributed by atoms with Crippen molar-refractivity contribution < 1.29 is 83.8 Å². The molecule has 122 heavy (non-hydrogen) atoms. The Morgan fingerprint density at radius 1 is 0.336 bits per heavy atom. The molecule has 0 bridgehead atoms. The fourth-order valence-corrected chi connectivity index (χ4v) is 33.5. The number of carboxylic acid groups (broad SMARTS) is 3. The van der Waals surface area contributed by atoms with Gasteiger partial charge in [0.25, 0.3) is 0 Å². The van der Waals surface area contributed by atoms with Gasteiger partial charge in [-0.3, -0.25) is 28.8 Å². The van der Waals surface area contributed by atoms with E-state index in [-0.39, 0.29) is 159 Å². The maximum atomic E-state index is 14.8. The molecular formula is C102H171N3O17. The van der Waals surface area contributed by atoms with Crippen LogP contribution in [0.5, 0.6) is 0 Å². The minimum Gasteiger partial charge on any atom is -0.481 e. The van der Waals surface area contributed by atoms with E-state index in [1.165, 1.54) is 12.8 Å². The van der Waals surface area contributed by atoms with Crippen molar-refractivity contribution in [1.29, 1.82) is 0 Å². The third kappa shape index (κ3) is 19.2. The molecule has 0 saturated heterocycles. The van der Waals surface area contributed by atoms with Gasteiger partial charge >= 0.3 is 17.9 Å². The largest absolute Gasteiger partial charge is 0.481 e. The fraction of sp³-hybridized carbons (Fsp3) is 0.941. The summed E-state index contributed by atoms with van der Waals surface area (Å²) >= 11 is 0. The number of nitrogens with one attached hydrogen (secondary N) is 3. The summed E-state index contributed by atoms with van der Waals surface area (Å²) in [5.41, 5.74) is -3.51. The second kappa shape index (κ2) is 39.3. The van der Waals surface area contributed by atoms with E-state index in [1.807, 2.05) is 20.8 Å². The van der Waals surface area contributed by atoms with Crippen molar-refractivity contribution in [2.24, 2.45) is 155 Å². The van der Waals surface area contributed by atoms with Gasteiger partial charge in [0.15, 0.2) is 0 Å². The van der Waals surface area contributed by atoms with Gasteiger partial charge in [-0.2, -0.15) is 0 Å². The number of amides is 3. The molecule has 0 aromatic heterocycles. The van der Waals surface area contributed by atoms with Gasteiger partial charge in [0.1, 0.15) is 0 Å². The maximum Gasteiger partial charge on any atom is 0.303 e. The lowest BCUT2D eigenvalue weighted by molar-refractivity contribution is -0.209. The Hall–Kier alpha value is -3.50. The molecule has 13 rings (SSSR count). The predicted octanol–water partition coefficient (Wildman–Crippen LogP) is 17.7. The number of hydrogen-bond acceptors (Lipinski definition) is 14. The first-order chi connectivity index (χ1) is 57.8. The molecule has 0 aromatic carbocycles. The van der Waals surface area contributed by atoms with Crippen molar-refractivity contribution in [2.45, 2.75) is 408 Å². The molecule has 13 aliphatic rings. The predicted molar refractivity (Wildman–Crippen MR) is 473 cm³/mol. The number of rotatable bonds is 39. The molecular weight excluding hydrogens is 1540 g/mol. The van der Waals surface area contributed by atoms with Gasteiger partial charge in [-0.25, -0.2) is 0 Å². The van der Waals surface area contributed by atoms with Crippen molar-refractivity contribution in [3.8, 4) is 0 Å². The Balaban J connectivity index is 0.545. The highest BCUT2D eigenvalue weighted by atomic mass is 16.5. The van der Waals surface area contributed by atoms with E-state index in [9.17, 15) is 69.6 Å². The minimum absolute atomic E-state index is 0.0213. The van der Waals surface area contributed by atoms with Gasteiger partial charge in [0.05, 0.1) is 48.8 Å². The highest BCUT2D eigenvalue weighted by Gasteiger charge is 2.70. The molecule has 0 aromatic rings. The van der Waals surface area contributed by atoms with E-state index in [2.05, 4.69) is 78.3 Å². The van der Waals surface area contributed by atoms with E-state index >= 15 is 0 Å². The second-order valence-corrected chi connectivity index (χ2v) is 46.9. The van der Waals surface area contributed by atoms with E-state index in [0.717, 1.165) is 199 Å². The highest BCUT2D eigenvalue weighted by molar-refractivity contribution is 5.90. The van der Waals surface area contributed by atoms with E-state index in [1.54, 1.807) is 0 Å². The lowest BCUT2D eigenvalue weighted by Gasteiger charge is -2.63. The molecule has 35 atom stereocenters. The molecule has 0 spiro atoms. The quantitative estimate of drug-likeness (QED) is 0.0255. The van der Waals surface area contributed by atoms with Gasteiger partial charge in [0.2, 0.25) is 17.7 Å². The molecule has 0 radical (unpaired) electrons. The van der Waals surface area contributed by atoms with E-state index in [4.69, 9.17) is 14.2 Å². The standard InChI is InChI=1S/C102H171N3O17/c1-62(25-36-86(111)112)72-30-33-75-71-29-28-65-51-68(39-42-97(65,7)78(71)56-83(108)100(72,75)10)120-48-22-16-13-19-45-103-91(117)94(4)59-95(5,92(118)104-46-20-14-17-23-49-121-69-40-43-98(8)66(52-69)54-81(106)89-76-34-31-73(63(2)26-37-87(113)114)101(76,11)84(109)57-79(89)98)61-96(6,60-94)93(119)105-47-21-15-18-24-50-122-70-41-44-99(9)67(53-70)55-82(107)90-77-35-32-74(64(3)27-38-88(115)116)102(77,12)85(110)58-80(90)99/h62-85,89-90,106-110H,13-61H2,1-12H3,(H,103,117)(H,104,118)(H,105,119)(H,111,112)(H,113,114)(H,115,116)/t62-,63-,64-,65-,66+,67+,68+,69+,70+,71+,72-,73-,74?,75+,76+,77+,78?,79?,80+,81-,82-,83+,84+,85+,89+,90+,94?,95?,96?,97+,98+,99+,100-,101-,102-/m1/s1. The third-order valence-corrected chi connectivity index (χ3v) is 40.0. The first kappa shape index (κ1) is 96.1. The molecule has 3 amide bonds. The summed E-state index contributed by atoms with van der Waals surface area (Å²) in [6.45, 7) is 30.2. The van der Waals surface area contributed by atoms with Crippen LogP contribution in [0.4, 0.5) is 0 Å². The summed E-state index contributed by atoms with van der Waals surface area (Å²) in [5.74, 6) is 3.03. The number of fused-ring (bicyclic) bond motifs is 15. The highest BCUT2D eigenvalue weighted by Crippen LogP contribution is 2.73. The van der Waals surface area contributed by atoms with Crippen LogP contribution in [-0.2, 0) is 43.0 Å². The molecule has 0 aliphatic heterocycles. The Bertz CT molecular complexity index is 3390. The van der Waals surface area contributed by atoms with Crippen molar-refractivity contribution in [1.82, 2.24) is 16.0 Å². The number of carbonyl (C=O) groups excluding carboxylic acids is 3. The number of carboxylic acids is 3. The van der Waals surface area contributed by atoms with Crippen LogP contribution < -0.4 is 16.0 Å². The molecule has 13 fully saturated rings. The normalized spacial score (nSPS) is 45.1. The molecule has 20 heteroatoms. The van der Waals surface area contributed by atoms with Crippen LogP contribution in [0, 0.1) is 155 Å². The van der Waals surface area contributed by atoms with Crippen LogP contribution in [0.15, 0.2) is 0 Å². The molecule has 13 aliphatic carbocycles. The lowest BCUT2D eigenvalue weighted by atomic mass is 9.43. The Kier molecular flexibility index (Phi) is 30.9. The average molecular weight is 1710 g/mol. The number of ether oxygens (including phenoxy) is 3. The van der Waals surface area contributed by atoms with Crippen molar-refractivity contribution in [3.63, 3.8) is 0 Å². The SMILES string of the molecule is C[C@H](CCC(=O)O)C1CC[C@H]2[C@@H]3[C@H](O)C[C@@H]4C[C@@H](OCCCCCCNC(=O)C5(C)CC(C)(C(=O)NCCCCCCO[C@H]6CC[C@]7(C)C8C[C@H](O)[C@]9(C)[C@@H]([C@H](C)CCC(=O)O)CC[C@H]9[C@@H]8[C@H](O)C[C@@H]7C6)CC(C)(C(=O)NCCCCCCO[C@H]6CC[C@]7(C)C8C[C@H](O)[C@]9(C)[C@@H]([C@H](C)CCC(=O)O)CC[C@H]9[C@@H]8CC[C@@H]7C6)C5)CC[C@]4(C)[C@H]3C[C@H](O)[C@]12C. The van der Waals surface area contributed by atoms with Gasteiger partial charge in [0, 0.05) is 75.0 Å². The zero-order chi connectivity index (χ0) is 87.9. The summed E-state index contributed by atoms with van der Waals surface area (Å²) in [4.78, 5) is 78.9. The second-order valence-electron chi connectivity index (χ2n) is 46.9.